The summed E-state index contributed by atoms with van der Waals surface area (Å²) in [4.78, 5) is 22.8. The van der Waals surface area contributed by atoms with Gasteiger partial charge in [0.2, 0.25) is 0 Å². The molecule has 6 heteroatoms. The summed E-state index contributed by atoms with van der Waals surface area (Å²) in [7, 11) is 0. The molecule has 1 fully saturated rings. The number of nitrogens with zero attached hydrogens (tertiary/aromatic N) is 3. The number of hydrogen-bond acceptors (Lipinski definition) is 5. The van der Waals surface area contributed by atoms with Crippen LogP contribution in [0.4, 0.5) is 0 Å². The Balaban J connectivity index is 1.67. The van der Waals surface area contributed by atoms with Crippen molar-refractivity contribution in [3.8, 4) is 0 Å². The molecule has 1 aromatic heterocycles. The van der Waals surface area contributed by atoms with Crippen molar-refractivity contribution in [3.63, 3.8) is 0 Å². The van der Waals surface area contributed by atoms with Crippen molar-refractivity contribution in [2.75, 3.05) is 32.8 Å². The second-order valence-electron chi connectivity index (χ2n) is 5.86. The first-order valence-corrected chi connectivity index (χ1v) is 8.22. The molecule has 126 valence electrons. The summed E-state index contributed by atoms with van der Waals surface area (Å²) in [5.74, 6) is -0.183. The van der Waals surface area contributed by atoms with Gasteiger partial charge in [-0.1, -0.05) is 30.3 Å². The number of amides is 1. The van der Waals surface area contributed by atoms with Gasteiger partial charge < -0.3 is 10.1 Å². The van der Waals surface area contributed by atoms with Crippen molar-refractivity contribution < 1.29 is 9.53 Å². The molecule has 0 unspecified atom stereocenters. The minimum absolute atomic E-state index is 0.0139. The zero-order valence-electron chi connectivity index (χ0n) is 13.6. The van der Waals surface area contributed by atoms with Gasteiger partial charge in [-0.15, -0.1) is 0 Å². The van der Waals surface area contributed by atoms with Crippen LogP contribution < -0.4 is 5.32 Å². The van der Waals surface area contributed by atoms with Gasteiger partial charge in [-0.2, -0.15) is 0 Å². The Morgan fingerprint density at radius 2 is 2.00 bits per heavy atom. The Hall–Kier alpha value is -2.31. The molecule has 1 atom stereocenters. The first-order chi connectivity index (χ1) is 11.8. The van der Waals surface area contributed by atoms with Crippen LogP contribution >= 0.6 is 0 Å². The molecule has 3 rings (SSSR count). The van der Waals surface area contributed by atoms with Crippen LogP contribution in [0, 0.1) is 0 Å². The number of hydrogen-bond donors (Lipinski definition) is 1. The summed E-state index contributed by atoms with van der Waals surface area (Å²) in [5.41, 5.74) is 1.55. The molecule has 1 aliphatic rings. The van der Waals surface area contributed by atoms with Gasteiger partial charge in [-0.3, -0.25) is 14.7 Å². The lowest BCUT2D eigenvalue weighted by Crippen LogP contribution is -2.48. The fourth-order valence-corrected chi connectivity index (χ4v) is 2.83. The second kappa shape index (κ2) is 8.52. The van der Waals surface area contributed by atoms with Crippen molar-refractivity contribution in [2.45, 2.75) is 12.5 Å². The van der Waals surface area contributed by atoms with E-state index in [9.17, 15) is 4.79 Å². The SMILES string of the molecule is O=C(N[C@H](Cc1ccccc1)CN1CCOCC1)c1cnccn1. The lowest BCUT2D eigenvalue weighted by atomic mass is 10.0. The van der Waals surface area contributed by atoms with E-state index in [1.54, 1.807) is 6.20 Å². The molecule has 0 saturated carbocycles. The fourth-order valence-electron chi connectivity index (χ4n) is 2.83. The molecule has 1 N–H and O–H groups in total. The predicted molar refractivity (Wildman–Crippen MR) is 90.7 cm³/mol. The van der Waals surface area contributed by atoms with E-state index in [0.29, 0.717) is 5.69 Å². The average Bonchev–Trinajstić information content (AvgIpc) is 2.64. The first kappa shape index (κ1) is 16.5. The van der Waals surface area contributed by atoms with Crippen LogP contribution in [0.3, 0.4) is 0 Å². The minimum atomic E-state index is -0.183. The number of carbonyl (C=O) groups excluding carboxylic acids is 1. The van der Waals surface area contributed by atoms with Crippen LogP contribution in [0.1, 0.15) is 16.1 Å². The maximum atomic E-state index is 12.4. The van der Waals surface area contributed by atoms with Crippen molar-refractivity contribution in [1.29, 1.82) is 0 Å². The van der Waals surface area contributed by atoms with Gasteiger partial charge in [0.25, 0.3) is 5.91 Å². The van der Waals surface area contributed by atoms with Crippen molar-refractivity contribution in [1.82, 2.24) is 20.2 Å². The molecule has 0 aliphatic carbocycles. The maximum absolute atomic E-state index is 12.4. The van der Waals surface area contributed by atoms with E-state index >= 15 is 0 Å². The van der Waals surface area contributed by atoms with Gasteiger partial charge in [-0.05, 0) is 12.0 Å². The number of rotatable bonds is 6. The molecule has 0 bridgehead atoms. The van der Waals surface area contributed by atoms with Crippen LogP contribution in [0.25, 0.3) is 0 Å². The van der Waals surface area contributed by atoms with E-state index in [4.69, 9.17) is 4.74 Å². The van der Waals surface area contributed by atoms with Gasteiger partial charge in [0.05, 0.1) is 19.4 Å². The summed E-state index contributed by atoms with van der Waals surface area (Å²) in [5, 5.41) is 3.11. The number of nitrogens with one attached hydrogen (secondary N) is 1. The number of aromatic nitrogens is 2. The Labute approximate surface area is 141 Å². The molecule has 0 spiro atoms. The van der Waals surface area contributed by atoms with Crippen LogP contribution in [0.15, 0.2) is 48.9 Å². The highest BCUT2D eigenvalue weighted by atomic mass is 16.5. The maximum Gasteiger partial charge on any atom is 0.271 e. The largest absolute Gasteiger partial charge is 0.379 e. The van der Waals surface area contributed by atoms with E-state index in [2.05, 4.69) is 32.3 Å². The van der Waals surface area contributed by atoms with Gasteiger partial charge in [0.1, 0.15) is 5.69 Å². The Kier molecular flexibility index (Phi) is 5.87. The van der Waals surface area contributed by atoms with Crippen molar-refractivity contribution >= 4 is 5.91 Å². The van der Waals surface area contributed by atoms with Crippen LogP contribution in [0.5, 0.6) is 0 Å². The van der Waals surface area contributed by atoms with Gasteiger partial charge in [0, 0.05) is 38.1 Å². The highest BCUT2D eigenvalue weighted by molar-refractivity contribution is 5.92. The zero-order valence-corrected chi connectivity index (χ0v) is 13.6. The molecular weight excluding hydrogens is 304 g/mol. The van der Waals surface area contributed by atoms with Gasteiger partial charge >= 0.3 is 0 Å². The van der Waals surface area contributed by atoms with E-state index in [-0.39, 0.29) is 11.9 Å². The lowest BCUT2D eigenvalue weighted by Gasteiger charge is -2.31. The number of morpholine rings is 1. The van der Waals surface area contributed by atoms with Gasteiger partial charge in [0.15, 0.2) is 0 Å². The number of ether oxygens (including phenoxy) is 1. The summed E-state index contributed by atoms with van der Waals surface area (Å²) >= 11 is 0. The van der Waals surface area contributed by atoms with Crippen molar-refractivity contribution in [2.24, 2.45) is 0 Å². The van der Waals surface area contributed by atoms with Crippen LogP contribution in [-0.4, -0.2) is 59.7 Å². The highest BCUT2D eigenvalue weighted by Crippen LogP contribution is 2.07. The summed E-state index contributed by atoms with van der Waals surface area (Å²) in [6.07, 6.45) is 5.36. The van der Waals surface area contributed by atoms with Crippen molar-refractivity contribution in [3.05, 3.63) is 60.2 Å². The average molecular weight is 326 g/mol. The zero-order chi connectivity index (χ0) is 16.6. The Morgan fingerprint density at radius 3 is 2.71 bits per heavy atom. The monoisotopic (exact) mass is 326 g/mol. The van der Waals surface area contributed by atoms with E-state index in [1.165, 1.54) is 18.0 Å². The molecular formula is C18H22N4O2. The first-order valence-electron chi connectivity index (χ1n) is 8.22. The van der Waals surface area contributed by atoms with Crippen LogP contribution in [-0.2, 0) is 11.2 Å². The molecule has 6 nitrogen and oxygen atoms in total. The molecule has 2 heterocycles. The third kappa shape index (κ3) is 4.84. The third-order valence-corrected chi connectivity index (χ3v) is 4.04. The topological polar surface area (TPSA) is 67.4 Å². The molecule has 24 heavy (non-hydrogen) atoms. The lowest BCUT2D eigenvalue weighted by molar-refractivity contribution is 0.0333. The molecule has 1 aromatic carbocycles. The Bertz CT molecular complexity index is 630. The Morgan fingerprint density at radius 1 is 1.21 bits per heavy atom. The molecule has 1 amide bonds. The summed E-state index contributed by atoms with van der Waals surface area (Å²) in [6.45, 7) is 4.08. The second-order valence-corrected chi connectivity index (χ2v) is 5.86. The molecule has 0 radical (unpaired) electrons. The number of carbonyl (C=O) groups is 1. The normalized spacial score (nSPS) is 16.5. The third-order valence-electron chi connectivity index (χ3n) is 4.04. The number of benzene rings is 1. The minimum Gasteiger partial charge on any atom is -0.379 e. The van der Waals surface area contributed by atoms with Gasteiger partial charge in [-0.25, -0.2) is 4.98 Å². The van der Waals surface area contributed by atoms with Crippen LogP contribution in [0.2, 0.25) is 0 Å². The standard InChI is InChI=1S/C18H22N4O2/c23-18(17-13-19-6-7-20-17)21-16(12-15-4-2-1-3-5-15)14-22-8-10-24-11-9-22/h1-7,13,16H,8-12,14H2,(H,21,23)/t16-/m1/s1. The fraction of sp³-hybridized carbons (Fsp3) is 0.389. The predicted octanol–water partition coefficient (Wildman–Crippen LogP) is 1.15. The smallest absolute Gasteiger partial charge is 0.271 e. The highest BCUT2D eigenvalue weighted by Gasteiger charge is 2.20. The van der Waals surface area contributed by atoms with E-state index in [1.807, 2.05) is 18.2 Å². The quantitative estimate of drug-likeness (QED) is 0.862. The summed E-state index contributed by atoms with van der Waals surface area (Å²) in [6, 6.07) is 10.2. The molecule has 1 aliphatic heterocycles. The molecule has 1 saturated heterocycles. The van der Waals surface area contributed by atoms with E-state index in [0.717, 1.165) is 39.3 Å². The summed E-state index contributed by atoms with van der Waals surface area (Å²) < 4.78 is 5.40. The van der Waals surface area contributed by atoms with E-state index < -0.39 is 0 Å². The molecule has 2 aromatic rings.